The van der Waals surface area contributed by atoms with Crippen molar-refractivity contribution in [2.75, 3.05) is 5.33 Å². The summed E-state index contributed by atoms with van der Waals surface area (Å²) in [4.78, 5) is 0. The number of alkyl halides is 1. The molecule has 1 rings (SSSR count). The second-order valence-electron chi connectivity index (χ2n) is 3.29. The molecule has 1 fully saturated rings. The topological polar surface area (TPSA) is 0 Å². The van der Waals surface area contributed by atoms with Crippen LogP contribution in [-0.4, -0.2) is 5.33 Å². The molecule has 0 aliphatic heterocycles. The van der Waals surface area contributed by atoms with Crippen molar-refractivity contribution in [3.8, 4) is 0 Å². The van der Waals surface area contributed by atoms with Crippen LogP contribution in [0.2, 0.25) is 0 Å². The molecule has 0 aromatic heterocycles. The Bertz CT molecular complexity index is 80.6. The van der Waals surface area contributed by atoms with Crippen LogP contribution in [0.25, 0.3) is 0 Å². The van der Waals surface area contributed by atoms with Crippen molar-refractivity contribution in [2.24, 2.45) is 11.8 Å². The molecule has 0 saturated heterocycles. The van der Waals surface area contributed by atoms with Gasteiger partial charge >= 0.3 is 0 Å². The molecule has 0 nitrogen and oxygen atoms in total. The molecule has 0 aromatic rings. The van der Waals surface area contributed by atoms with Gasteiger partial charge in [-0.1, -0.05) is 35.7 Å². The molecule has 0 bridgehead atoms. The molecule has 0 N–H and O–H groups in total. The van der Waals surface area contributed by atoms with Crippen LogP contribution in [0.4, 0.5) is 0 Å². The first-order valence-corrected chi connectivity index (χ1v) is 5.01. The van der Waals surface area contributed by atoms with Gasteiger partial charge in [0.05, 0.1) is 0 Å². The van der Waals surface area contributed by atoms with Crippen molar-refractivity contribution in [1.82, 2.24) is 0 Å². The molecule has 54 valence electrons. The van der Waals surface area contributed by atoms with Crippen molar-refractivity contribution in [3.05, 3.63) is 0 Å². The highest BCUT2D eigenvalue weighted by atomic mass is 79.9. The second kappa shape index (κ2) is 3.60. The van der Waals surface area contributed by atoms with Gasteiger partial charge in [0.25, 0.3) is 0 Å². The van der Waals surface area contributed by atoms with Crippen LogP contribution in [0, 0.1) is 11.8 Å². The summed E-state index contributed by atoms with van der Waals surface area (Å²) in [5.74, 6) is 1.97. The summed E-state index contributed by atoms with van der Waals surface area (Å²) in [5.41, 5.74) is 0. The first kappa shape index (κ1) is 7.59. The molecule has 0 radical (unpaired) electrons. The van der Waals surface area contributed by atoms with Gasteiger partial charge in [0.2, 0.25) is 0 Å². The van der Waals surface area contributed by atoms with Gasteiger partial charge in [-0.05, 0) is 24.7 Å². The van der Waals surface area contributed by atoms with Gasteiger partial charge in [-0.3, -0.25) is 0 Å². The van der Waals surface area contributed by atoms with Gasteiger partial charge in [0.1, 0.15) is 0 Å². The Balaban J connectivity index is 2.23. The Kier molecular flexibility index (Phi) is 3.03. The minimum atomic E-state index is 0.980. The summed E-state index contributed by atoms with van der Waals surface area (Å²) in [6, 6.07) is 0. The van der Waals surface area contributed by atoms with Crippen LogP contribution in [0.1, 0.15) is 32.6 Å². The minimum Gasteiger partial charge on any atom is -0.0925 e. The zero-order valence-corrected chi connectivity index (χ0v) is 7.65. The van der Waals surface area contributed by atoms with Crippen molar-refractivity contribution >= 4 is 15.9 Å². The summed E-state index contributed by atoms with van der Waals surface area (Å²) in [6.45, 7) is 2.37. The van der Waals surface area contributed by atoms with Crippen molar-refractivity contribution in [2.45, 2.75) is 32.6 Å². The van der Waals surface area contributed by atoms with Crippen LogP contribution in [0.15, 0.2) is 0 Å². The lowest BCUT2D eigenvalue weighted by molar-refractivity contribution is 0.306. The number of hydrogen-bond donors (Lipinski definition) is 0. The Labute approximate surface area is 66.2 Å². The average Bonchev–Trinajstić information content (AvgIpc) is 1.88. The van der Waals surface area contributed by atoms with Crippen LogP contribution in [0.5, 0.6) is 0 Å². The molecule has 2 unspecified atom stereocenters. The van der Waals surface area contributed by atoms with E-state index < -0.39 is 0 Å². The summed E-state index contributed by atoms with van der Waals surface area (Å²) in [6.07, 6.45) is 5.82. The van der Waals surface area contributed by atoms with E-state index in [4.69, 9.17) is 0 Å². The fraction of sp³-hybridized carbons (Fsp3) is 1.00. The molecule has 1 aliphatic rings. The molecular weight excluding hydrogens is 176 g/mol. The average molecular weight is 191 g/mol. The maximum Gasteiger partial charge on any atom is 0.00597 e. The third-order valence-corrected chi connectivity index (χ3v) is 3.18. The van der Waals surface area contributed by atoms with E-state index in [2.05, 4.69) is 22.9 Å². The molecule has 9 heavy (non-hydrogen) atoms. The summed E-state index contributed by atoms with van der Waals surface area (Å²) in [5, 5.41) is 1.22. The van der Waals surface area contributed by atoms with Gasteiger partial charge < -0.3 is 0 Å². The van der Waals surface area contributed by atoms with Gasteiger partial charge in [0.15, 0.2) is 0 Å². The van der Waals surface area contributed by atoms with E-state index >= 15 is 0 Å². The van der Waals surface area contributed by atoms with E-state index in [0.717, 1.165) is 11.8 Å². The van der Waals surface area contributed by atoms with Crippen LogP contribution >= 0.6 is 15.9 Å². The third-order valence-electron chi connectivity index (χ3n) is 2.26. The molecule has 0 amide bonds. The molecule has 0 heterocycles. The maximum absolute atomic E-state index is 3.54. The highest BCUT2D eigenvalue weighted by molar-refractivity contribution is 9.09. The van der Waals surface area contributed by atoms with Gasteiger partial charge in [-0.15, -0.1) is 0 Å². The monoisotopic (exact) mass is 190 g/mol. The van der Waals surface area contributed by atoms with E-state index in [1.54, 1.807) is 0 Å². The third kappa shape index (κ3) is 2.29. The van der Waals surface area contributed by atoms with Crippen molar-refractivity contribution in [3.63, 3.8) is 0 Å². The molecule has 1 aliphatic carbocycles. The lowest BCUT2D eigenvalue weighted by atomic mass is 9.84. The standard InChI is InChI=1S/C8H15Br/c1-7-3-2-4-8(5-7)6-9/h7-8H,2-6H2,1H3. The molecule has 1 saturated carbocycles. The number of hydrogen-bond acceptors (Lipinski definition) is 0. The SMILES string of the molecule is CC1CCCC(CBr)C1. The highest BCUT2D eigenvalue weighted by Gasteiger charge is 2.16. The van der Waals surface area contributed by atoms with Gasteiger partial charge in [-0.25, -0.2) is 0 Å². The highest BCUT2D eigenvalue weighted by Crippen LogP contribution is 2.29. The Morgan fingerprint density at radius 3 is 2.67 bits per heavy atom. The van der Waals surface area contributed by atoms with Gasteiger partial charge in [0, 0.05) is 5.33 Å². The molecule has 1 heteroatoms. The Hall–Kier alpha value is 0.480. The fourth-order valence-corrected chi connectivity index (χ4v) is 2.29. The van der Waals surface area contributed by atoms with Crippen LogP contribution in [-0.2, 0) is 0 Å². The molecule has 0 aromatic carbocycles. The zero-order chi connectivity index (χ0) is 6.69. The normalized spacial score (nSPS) is 36.7. The summed E-state index contributed by atoms with van der Waals surface area (Å²) < 4.78 is 0. The second-order valence-corrected chi connectivity index (χ2v) is 3.94. The Morgan fingerprint density at radius 2 is 2.22 bits per heavy atom. The van der Waals surface area contributed by atoms with Crippen LogP contribution < -0.4 is 0 Å². The lowest BCUT2D eigenvalue weighted by Gasteiger charge is -2.24. The van der Waals surface area contributed by atoms with E-state index in [-0.39, 0.29) is 0 Å². The number of rotatable bonds is 1. The first-order valence-electron chi connectivity index (χ1n) is 3.89. The smallest absolute Gasteiger partial charge is 0.00597 e. The molecular formula is C8H15Br. The fourth-order valence-electron chi connectivity index (χ4n) is 1.70. The molecule has 2 atom stereocenters. The maximum atomic E-state index is 3.54. The summed E-state index contributed by atoms with van der Waals surface area (Å²) >= 11 is 3.54. The van der Waals surface area contributed by atoms with Gasteiger partial charge in [-0.2, -0.15) is 0 Å². The van der Waals surface area contributed by atoms with E-state index in [1.807, 2.05) is 0 Å². The van der Waals surface area contributed by atoms with E-state index in [1.165, 1.54) is 31.0 Å². The first-order chi connectivity index (χ1) is 4.33. The predicted molar refractivity (Wildman–Crippen MR) is 44.9 cm³/mol. The zero-order valence-electron chi connectivity index (χ0n) is 6.07. The predicted octanol–water partition coefficient (Wildman–Crippen LogP) is 3.21. The van der Waals surface area contributed by atoms with E-state index in [9.17, 15) is 0 Å². The van der Waals surface area contributed by atoms with Crippen molar-refractivity contribution < 1.29 is 0 Å². The lowest BCUT2D eigenvalue weighted by Crippen LogP contribution is -2.13. The van der Waals surface area contributed by atoms with Crippen molar-refractivity contribution in [1.29, 1.82) is 0 Å². The summed E-state index contributed by atoms with van der Waals surface area (Å²) in [7, 11) is 0. The quantitative estimate of drug-likeness (QED) is 0.558. The Morgan fingerprint density at radius 1 is 1.44 bits per heavy atom. The number of halogens is 1. The van der Waals surface area contributed by atoms with Crippen LogP contribution in [0.3, 0.4) is 0 Å². The van der Waals surface area contributed by atoms with E-state index in [0.29, 0.717) is 0 Å². The molecule has 0 spiro atoms. The largest absolute Gasteiger partial charge is 0.0925 e. The minimum absolute atomic E-state index is 0.980.